The molecule has 0 aliphatic carbocycles. The van der Waals surface area contributed by atoms with Gasteiger partial charge in [0, 0.05) is 0 Å². The van der Waals surface area contributed by atoms with Crippen molar-refractivity contribution in [2.45, 2.75) is 6.61 Å². The summed E-state index contributed by atoms with van der Waals surface area (Å²) in [5, 5.41) is 13.1. The van der Waals surface area contributed by atoms with E-state index in [-0.39, 0.29) is 18.4 Å². The van der Waals surface area contributed by atoms with Gasteiger partial charge in [0.2, 0.25) is 0 Å². The molecule has 0 amide bonds. The highest BCUT2D eigenvalue weighted by molar-refractivity contribution is 5.32. The number of para-hydroxylation sites is 1. The van der Waals surface area contributed by atoms with Crippen molar-refractivity contribution < 1.29 is 14.2 Å². The van der Waals surface area contributed by atoms with Crippen LogP contribution >= 0.6 is 0 Å². The smallest absolute Gasteiger partial charge is 0.341 e. The summed E-state index contributed by atoms with van der Waals surface area (Å²) in [6.45, 7) is -0.224. The number of nitrogens with zero attached hydrogens (tertiary/aromatic N) is 3. The van der Waals surface area contributed by atoms with Gasteiger partial charge in [0.05, 0.1) is 12.3 Å². The fraction of sp³-hybridized carbons (Fsp3) is 0.0667. The van der Waals surface area contributed by atoms with Crippen LogP contribution in [0.3, 0.4) is 0 Å². The van der Waals surface area contributed by atoms with Crippen LogP contribution < -0.4 is 4.74 Å². The molecule has 0 aliphatic rings. The molecule has 0 saturated carbocycles. The van der Waals surface area contributed by atoms with Crippen molar-refractivity contribution >= 4 is 0 Å². The summed E-state index contributed by atoms with van der Waals surface area (Å²) in [5.41, 5.74) is 1.30. The lowest BCUT2D eigenvalue weighted by atomic mass is 10.2. The molecule has 3 aromatic rings. The molecule has 1 heterocycles. The maximum absolute atomic E-state index is 13.8. The van der Waals surface area contributed by atoms with Crippen LogP contribution in [-0.4, -0.2) is 19.9 Å². The van der Waals surface area contributed by atoms with E-state index in [9.17, 15) is 4.39 Å². The fourth-order valence-electron chi connectivity index (χ4n) is 1.82. The molecule has 5 nitrogen and oxygen atoms in total. The van der Waals surface area contributed by atoms with E-state index in [1.165, 1.54) is 23.1 Å². The van der Waals surface area contributed by atoms with Gasteiger partial charge >= 0.3 is 6.01 Å². The molecule has 1 aromatic heterocycles. The zero-order valence-corrected chi connectivity index (χ0v) is 11.0. The van der Waals surface area contributed by atoms with Gasteiger partial charge in [-0.1, -0.05) is 24.3 Å². The third-order valence-corrected chi connectivity index (χ3v) is 2.87. The highest BCUT2D eigenvalue weighted by Crippen LogP contribution is 2.23. The van der Waals surface area contributed by atoms with E-state index in [1.54, 1.807) is 6.07 Å². The Kier molecular flexibility index (Phi) is 3.61. The lowest BCUT2D eigenvalue weighted by Crippen LogP contribution is -1.96. The molecule has 6 heteroatoms. The lowest BCUT2D eigenvalue weighted by molar-refractivity contribution is 0.281. The number of aliphatic hydroxyl groups is 1. The Morgan fingerprint density at radius 2 is 1.95 bits per heavy atom. The van der Waals surface area contributed by atoms with Gasteiger partial charge in [0.15, 0.2) is 11.6 Å². The molecule has 0 radical (unpaired) electrons. The summed E-state index contributed by atoms with van der Waals surface area (Å²) in [4.78, 5) is 3.99. The third kappa shape index (κ3) is 2.90. The molecule has 0 bridgehead atoms. The molecule has 0 saturated heterocycles. The van der Waals surface area contributed by atoms with Gasteiger partial charge in [0.1, 0.15) is 6.33 Å². The number of rotatable bonds is 4. The van der Waals surface area contributed by atoms with Gasteiger partial charge in [-0.3, -0.25) is 0 Å². The molecule has 0 aliphatic heterocycles. The number of hydrogen-bond acceptors (Lipinski definition) is 4. The van der Waals surface area contributed by atoms with Gasteiger partial charge in [-0.15, -0.1) is 5.10 Å². The van der Waals surface area contributed by atoms with Gasteiger partial charge in [0.25, 0.3) is 0 Å². The van der Waals surface area contributed by atoms with Crippen LogP contribution in [0.5, 0.6) is 11.8 Å². The average molecular weight is 285 g/mol. The second kappa shape index (κ2) is 5.72. The summed E-state index contributed by atoms with van der Waals surface area (Å²) in [7, 11) is 0. The molecule has 1 N–H and O–H groups in total. The van der Waals surface area contributed by atoms with Crippen LogP contribution in [0.4, 0.5) is 4.39 Å². The van der Waals surface area contributed by atoms with Gasteiger partial charge in [-0.25, -0.2) is 9.07 Å². The van der Waals surface area contributed by atoms with Crippen molar-refractivity contribution in [3.63, 3.8) is 0 Å². The molecule has 106 valence electrons. The molecule has 3 rings (SSSR count). The van der Waals surface area contributed by atoms with E-state index in [1.807, 2.05) is 30.3 Å². The third-order valence-electron chi connectivity index (χ3n) is 2.87. The Morgan fingerprint density at radius 3 is 2.67 bits per heavy atom. The van der Waals surface area contributed by atoms with Crippen LogP contribution in [-0.2, 0) is 6.61 Å². The molecule has 21 heavy (non-hydrogen) atoms. The number of ether oxygens (including phenoxy) is 1. The van der Waals surface area contributed by atoms with E-state index in [0.29, 0.717) is 5.56 Å². The fourth-order valence-corrected chi connectivity index (χ4v) is 1.82. The predicted molar refractivity (Wildman–Crippen MR) is 73.8 cm³/mol. The standard InChI is InChI=1S/C15H12FN3O2/c16-13-8-11(9-20)6-7-14(13)21-15-17-10-19(18-15)12-4-2-1-3-5-12/h1-8,10,20H,9H2. The topological polar surface area (TPSA) is 60.2 Å². The normalized spacial score (nSPS) is 10.6. The summed E-state index contributed by atoms with van der Waals surface area (Å²) in [5.74, 6) is -0.560. The number of aromatic nitrogens is 3. The Hall–Kier alpha value is -2.73. The largest absolute Gasteiger partial charge is 0.420 e. The van der Waals surface area contributed by atoms with Crippen LogP contribution in [0.15, 0.2) is 54.9 Å². The second-order valence-electron chi connectivity index (χ2n) is 4.33. The van der Waals surface area contributed by atoms with E-state index >= 15 is 0 Å². The zero-order chi connectivity index (χ0) is 14.7. The monoisotopic (exact) mass is 285 g/mol. The lowest BCUT2D eigenvalue weighted by Gasteiger charge is -2.04. The number of aliphatic hydroxyl groups excluding tert-OH is 1. The highest BCUT2D eigenvalue weighted by atomic mass is 19.1. The maximum atomic E-state index is 13.8. The predicted octanol–water partition coefficient (Wildman–Crippen LogP) is 2.69. The van der Waals surface area contributed by atoms with Crippen molar-refractivity contribution in [3.8, 4) is 17.4 Å². The van der Waals surface area contributed by atoms with Gasteiger partial charge < -0.3 is 9.84 Å². The summed E-state index contributed by atoms with van der Waals surface area (Å²) in [6, 6.07) is 13.7. The van der Waals surface area contributed by atoms with E-state index < -0.39 is 5.82 Å². The van der Waals surface area contributed by atoms with E-state index in [0.717, 1.165) is 5.69 Å². The van der Waals surface area contributed by atoms with E-state index in [4.69, 9.17) is 9.84 Å². The van der Waals surface area contributed by atoms with Crippen molar-refractivity contribution in [2.75, 3.05) is 0 Å². The SMILES string of the molecule is OCc1ccc(Oc2ncn(-c3ccccc3)n2)c(F)c1. The summed E-state index contributed by atoms with van der Waals surface area (Å²) < 4.78 is 20.6. The molecule has 2 aromatic carbocycles. The second-order valence-corrected chi connectivity index (χ2v) is 4.33. The first-order valence-electron chi connectivity index (χ1n) is 6.30. The quantitative estimate of drug-likeness (QED) is 0.800. The highest BCUT2D eigenvalue weighted by Gasteiger charge is 2.09. The summed E-state index contributed by atoms with van der Waals surface area (Å²) in [6.07, 6.45) is 1.49. The average Bonchev–Trinajstić information content (AvgIpc) is 2.99. The number of halogens is 1. The maximum Gasteiger partial charge on any atom is 0.341 e. The Balaban J connectivity index is 1.82. The Morgan fingerprint density at radius 1 is 1.14 bits per heavy atom. The minimum Gasteiger partial charge on any atom is -0.420 e. The van der Waals surface area contributed by atoms with Crippen molar-refractivity contribution in [2.24, 2.45) is 0 Å². The minimum absolute atomic E-state index is 0.0120. The molecular formula is C15H12FN3O2. The molecule has 0 atom stereocenters. The van der Waals surface area contributed by atoms with Crippen LogP contribution in [0.2, 0.25) is 0 Å². The summed E-state index contributed by atoms with van der Waals surface area (Å²) >= 11 is 0. The van der Waals surface area contributed by atoms with Crippen molar-refractivity contribution in [3.05, 3.63) is 66.2 Å². The Labute approximate surface area is 120 Å². The van der Waals surface area contributed by atoms with Crippen LogP contribution in [0.1, 0.15) is 5.56 Å². The zero-order valence-electron chi connectivity index (χ0n) is 11.0. The van der Waals surface area contributed by atoms with Crippen LogP contribution in [0.25, 0.3) is 5.69 Å². The van der Waals surface area contributed by atoms with Crippen molar-refractivity contribution in [1.29, 1.82) is 0 Å². The first-order chi connectivity index (χ1) is 10.3. The Bertz CT molecular complexity index is 744. The van der Waals surface area contributed by atoms with Gasteiger partial charge in [-0.2, -0.15) is 4.98 Å². The number of benzene rings is 2. The molecule has 0 unspecified atom stereocenters. The first kappa shape index (κ1) is 13.3. The minimum atomic E-state index is -0.572. The van der Waals surface area contributed by atoms with Crippen molar-refractivity contribution in [1.82, 2.24) is 14.8 Å². The van der Waals surface area contributed by atoms with E-state index in [2.05, 4.69) is 10.1 Å². The molecule has 0 fully saturated rings. The number of hydrogen-bond donors (Lipinski definition) is 1. The van der Waals surface area contributed by atoms with Crippen LogP contribution in [0, 0.1) is 5.82 Å². The molecular weight excluding hydrogens is 273 g/mol. The van der Waals surface area contributed by atoms with Gasteiger partial charge in [-0.05, 0) is 29.8 Å². The first-order valence-corrected chi connectivity index (χ1v) is 6.30. The molecule has 0 spiro atoms.